The molecular formula is C27H33NO6. The molecule has 1 atom stereocenters. The summed E-state index contributed by atoms with van der Waals surface area (Å²) in [5.74, 6) is -2.13. The fourth-order valence-corrected chi connectivity index (χ4v) is 4.93. The third kappa shape index (κ3) is 4.36. The minimum atomic E-state index is -1.09. The summed E-state index contributed by atoms with van der Waals surface area (Å²) in [6.07, 6.45) is 5.16. The van der Waals surface area contributed by atoms with Crippen LogP contribution in [0.5, 0.6) is 0 Å². The zero-order valence-electron chi connectivity index (χ0n) is 20.4. The number of rotatable bonds is 7. The zero-order chi connectivity index (χ0) is 24.4. The number of benzene rings is 1. The van der Waals surface area contributed by atoms with Crippen LogP contribution < -0.4 is 21.4 Å². The second-order valence-corrected chi connectivity index (χ2v) is 9.26. The summed E-state index contributed by atoms with van der Waals surface area (Å²) in [5.41, 5.74) is 1.65. The summed E-state index contributed by atoms with van der Waals surface area (Å²) in [5, 5.41) is 4.13. The van der Waals surface area contributed by atoms with Gasteiger partial charge >= 0.3 is 11.9 Å². The maximum absolute atomic E-state index is 13.9. The molecular weight excluding hydrogens is 434 g/mol. The van der Waals surface area contributed by atoms with Crippen LogP contribution in [0.25, 0.3) is 22.2 Å². The normalized spacial score (nSPS) is 18.3. The van der Waals surface area contributed by atoms with Crippen molar-refractivity contribution < 1.29 is 23.5 Å². The molecule has 2 aromatic rings. The van der Waals surface area contributed by atoms with Gasteiger partial charge in [-0.3, -0.25) is 9.59 Å². The van der Waals surface area contributed by atoms with Crippen LogP contribution in [-0.4, -0.2) is 31.2 Å². The van der Waals surface area contributed by atoms with Gasteiger partial charge in [-0.2, -0.15) is 0 Å². The monoisotopic (exact) mass is 467 g/mol. The molecule has 1 aromatic heterocycles. The van der Waals surface area contributed by atoms with Crippen LogP contribution >= 0.6 is 0 Å². The van der Waals surface area contributed by atoms with Crippen molar-refractivity contribution in [2.45, 2.75) is 71.8 Å². The standard InChI is InChI=1S/C27H33NO6/c1-5-32-26(30)20-21(27(31)33-6-2)25-22(23(20)28-17-10-8-7-9-11-17)24(29)18-14-16(15(3)4)12-13-19(18)34-25/h12-15,17,20,28H,5-11H2,1-4H3. The number of hydrogen-bond acceptors (Lipinski definition) is 7. The van der Waals surface area contributed by atoms with E-state index in [9.17, 15) is 14.4 Å². The summed E-state index contributed by atoms with van der Waals surface area (Å²) < 4.78 is 16.8. The lowest BCUT2D eigenvalue weighted by Crippen LogP contribution is -2.44. The Bertz CT molecular complexity index is 1280. The number of fused-ring (bicyclic) bond motifs is 2. The lowest BCUT2D eigenvalue weighted by molar-refractivity contribution is -0.146. The summed E-state index contributed by atoms with van der Waals surface area (Å²) in [6.45, 7) is 7.81. The van der Waals surface area contributed by atoms with Gasteiger partial charge in [0.2, 0.25) is 5.43 Å². The van der Waals surface area contributed by atoms with E-state index in [1.165, 1.54) is 0 Å². The van der Waals surface area contributed by atoms with Crippen LogP contribution in [0.2, 0.25) is 0 Å². The van der Waals surface area contributed by atoms with Gasteiger partial charge in [-0.1, -0.05) is 39.2 Å². The first-order chi connectivity index (χ1) is 16.4. The number of nitrogens with one attached hydrogen (secondary N) is 1. The first-order valence-corrected chi connectivity index (χ1v) is 12.3. The third-order valence-corrected chi connectivity index (χ3v) is 6.65. The molecule has 7 nitrogen and oxygen atoms in total. The second kappa shape index (κ2) is 10.0. The molecule has 182 valence electrons. The van der Waals surface area contributed by atoms with Crippen LogP contribution in [0.1, 0.15) is 71.3 Å². The van der Waals surface area contributed by atoms with Gasteiger partial charge in [0.1, 0.15) is 17.1 Å². The average molecular weight is 468 g/mol. The molecule has 0 spiro atoms. The van der Waals surface area contributed by atoms with Crippen molar-refractivity contribution in [3.8, 4) is 0 Å². The zero-order valence-corrected chi connectivity index (χ0v) is 20.4. The molecule has 1 N–H and O–H groups in total. The number of esters is 2. The first-order valence-electron chi connectivity index (χ1n) is 12.3. The Morgan fingerprint density at radius 1 is 1.09 bits per heavy atom. The van der Waals surface area contributed by atoms with Crippen molar-refractivity contribution in [3.63, 3.8) is 0 Å². The molecule has 1 aromatic carbocycles. The van der Waals surface area contributed by atoms with Crippen LogP contribution in [0.15, 0.2) is 27.4 Å². The van der Waals surface area contributed by atoms with Crippen molar-refractivity contribution in [3.05, 3.63) is 44.6 Å². The minimum Gasteiger partial charge on any atom is -0.465 e. The molecule has 2 aliphatic carbocycles. The molecule has 1 heterocycles. The highest BCUT2D eigenvalue weighted by Crippen LogP contribution is 2.28. The van der Waals surface area contributed by atoms with Gasteiger partial charge in [-0.15, -0.1) is 0 Å². The average Bonchev–Trinajstić information content (AvgIpc) is 3.14. The number of carbonyl (C=O) groups is 2. The Kier molecular flexibility index (Phi) is 7.10. The van der Waals surface area contributed by atoms with Gasteiger partial charge in [-0.25, -0.2) is 4.79 Å². The summed E-state index contributed by atoms with van der Waals surface area (Å²) in [7, 11) is 0. The Hall–Kier alpha value is -3.09. The Balaban J connectivity index is 2.05. The minimum absolute atomic E-state index is 0.0283. The molecule has 4 rings (SSSR count). The molecule has 34 heavy (non-hydrogen) atoms. The van der Waals surface area contributed by atoms with Crippen molar-refractivity contribution in [1.29, 1.82) is 0 Å². The number of ether oxygens (including phenoxy) is 2. The largest absolute Gasteiger partial charge is 0.465 e. The predicted octanol–water partition coefficient (Wildman–Crippen LogP) is 2.85. The molecule has 1 fully saturated rings. The smallest absolute Gasteiger partial charge is 0.339 e. The molecule has 7 heteroatoms. The van der Waals surface area contributed by atoms with Crippen molar-refractivity contribution in [1.82, 2.24) is 5.32 Å². The topological polar surface area (TPSA) is 94.8 Å². The fraction of sp³-hybridized carbons (Fsp3) is 0.519. The molecule has 0 radical (unpaired) electrons. The molecule has 1 saturated carbocycles. The van der Waals surface area contributed by atoms with Crippen molar-refractivity contribution in [2.75, 3.05) is 13.2 Å². The lowest BCUT2D eigenvalue weighted by atomic mass is 9.93. The summed E-state index contributed by atoms with van der Waals surface area (Å²) >= 11 is 0. The highest BCUT2D eigenvalue weighted by molar-refractivity contribution is 6.19. The molecule has 0 bridgehead atoms. The maximum atomic E-state index is 13.9. The first kappa shape index (κ1) is 24.0. The van der Waals surface area contributed by atoms with Gasteiger partial charge in [0, 0.05) is 11.7 Å². The maximum Gasteiger partial charge on any atom is 0.339 e. The highest BCUT2D eigenvalue weighted by atomic mass is 16.5. The highest BCUT2D eigenvalue weighted by Gasteiger charge is 2.41. The van der Waals surface area contributed by atoms with Crippen LogP contribution in [-0.2, 0) is 19.1 Å². The van der Waals surface area contributed by atoms with Crippen molar-refractivity contribution in [2.24, 2.45) is 5.92 Å². The van der Waals surface area contributed by atoms with Gasteiger partial charge < -0.3 is 19.2 Å². The van der Waals surface area contributed by atoms with Gasteiger partial charge in [-0.05, 0) is 50.3 Å². The van der Waals surface area contributed by atoms with Crippen LogP contribution in [0.4, 0.5) is 0 Å². The third-order valence-electron chi connectivity index (χ3n) is 6.65. The van der Waals surface area contributed by atoms with Crippen LogP contribution in [0, 0.1) is 5.92 Å². The Morgan fingerprint density at radius 2 is 1.79 bits per heavy atom. The lowest BCUT2D eigenvalue weighted by Gasteiger charge is -2.27. The SMILES string of the molecule is CCOC(=O)C1=c2oc3ccc(C(C)C)cc3c(=O)c2=C(NC2CCCCC2)C1C(=O)OCC. The molecule has 2 aliphatic rings. The van der Waals surface area contributed by atoms with E-state index in [0.29, 0.717) is 16.7 Å². The molecule has 0 amide bonds. The summed E-state index contributed by atoms with van der Waals surface area (Å²) in [4.78, 5) is 40.1. The second-order valence-electron chi connectivity index (χ2n) is 9.26. The Morgan fingerprint density at radius 3 is 2.44 bits per heavy atom. The molecule has 0 aliphatic heterocycles. The number of hydrogen-bond donors (Lipinski definition) is 1. The fourth-order valence-electron chi connectivity index (χ4n) is 4.93. The van der Waals surface area contributed by atoms with Crippen molar-refractivity contribution >= 4 is 34.2 Å². The quantitative estimate of drug-likeness (QED) is 0.626. The van der Waals surface area contributed by atoms with E-state index in [0.717, 1.165) is 37.7 Å². The predicted molar refractivity (Wildman–Crippen MR) is 129 cm³/mol. The summed E-state index contributed by atoms with van der Waals surface area (Å²) in [6, 6.07) is 5.61. The van der Waals surface area contributed by atoms with E-state index in [4.69, 9.17) is 13.9 Å². The van der Waals surface area contributed by atoms with E-state index in [1.807, 2.05) is 12.1 Å². The van der Waals surface area contributed by atoms with E-state index >= 15 is 0 Å². The number of carbonyl (C=O) groups excluding carboxylic acids is 2. The van der Waals surface area contributed by atoms with Gasteiger partial charge in [0.05, 0.1) is 23.8 Å². The van der Waals surface area contributed by atoms with E-state index in [2.05, 4.69) is 19.2 Å². The van der Waals surface area contributed by atoms with Gasteiger partial charge in [0.25, 0.3) is 0 Å². The van der Waals surface area contributed by atoms with E-state index in [-0.39, 0.29) is 46.8 Å². The van der Waals surface area contributed by atoms with E-state index < -0.39 is 17.9 Å². The van der Waals surface area contributed by atoms with Crippen LogP contribution in [0.3, 0.4) is 0 Å². The molecule has 0 saturated heterocycles. The molecule has 1 unspecified atom stereocenters. The van der Waals surface area contributed by atoms with Gasteiger partial charge in [0.15, 0.2) is 5.42 Å². The Labute approximate surface area is 198 Å². The van der Waals surface area contributed by atoms with E-state index in [1.54, 1.807) is 19.9 Å².